The zero-order chi connectivity index (χ0) is 27.9. The molecule has 3 unspecified atom stereocenters. The molecular formula is C32H70N2O. The molecule has 0 aromatic heterocycles. The molecule has 3 heteroatoms. The van der Waals surface area contributed by atoms with Crippen LogP contribution in [0.4, 0.5) is 0 Å². The predicted molar refractivity (Wildman–Crippen MR) is 162 cm³/mol. The minimum absolute atomic E-state index is 0.0463. The van der Waals surface area contributed by atoms with Crippen LogP contribution in [0.1, 0.15) is 147 Å². The fraction of sp³-hybridized carbons (Fsp3) is 0.969. The first-order valence-electron chi connectivity index (χ1n) is 15.7. The van der Waals surface area contributed by atoms with Gasteiger partial charge in [0.1, 0.15) is 5.78 Å². The maximum atomic E-state index is 12.2. The van der Waals surface area contributed by atoms with E-state index in [2.05, 4.69) is 44.7 Å². The molecule has 3 fully saturated rings. The molecule has 0 aromatic rings. The molecule has 3 nitrogen and oxygen atoms in total. The van der Waals surface area contributed by atoms with Crippen molar-refractivity contribution in [1.82, 2.24) is 9.80 Å². The average molecular weight is 499 g/mol. The van der Waals surface area contributed by atoms with Crippen LogP contribution in [0.5, 0.6) is 0 Å². The Hall–Kier alpha value is -0.410. The Kier molecular flexibility index (Phi) is 26.8. The molecule has 2 aliphatic heterocycles. The zero-order valence-electron chi connectivity index (χ0n) is 27.0. The maximum Gasteiger partial charge on any atom is 0.143 e. The molecule has 214 valence electrons. The molecule has 0 aromatic carbocycles. The second-order valence-corrected chi connectivity index (χ2v) is 10.4. The lowest BCUT2D eigenvalue weighted by Gasteiger charge is -2.31. The Labute approximate surface area is 224 Å². The van der Waals surface area contributed by atoms with Gasteiger partial charge in [-0.3, -0.25) is 4.79 Å². The van der Waals surface area contributed by atoms with Gasteiger partial charge < -0.3 is 9.80 Å². The summed E-state index contributed by atoms with van der Waals surface area (Å²) < 4.78 is 0. The molecule has 0 radical (unpaired) electrons. The van der Waals surface area contributed by atoms with Crippen LogP contribution in [0, 0.1) is 16.7 Å². The Morgan fingerprint density at radius 3 is 1.71 bits per heavy atom. The fourth-order valence-corrected chi connectivity index (χ4v) is 5.75. The summed E-state index contributed by atoms with van der Waals surface area (Å²) in [5, 5.41) is 0. The van der Waals surface area contributed by atoms with E-state index in [4.69, 9.17) is 0 Å². The molecule has 3 atom stereocenters. The lowest BCUT2D eigenvalue weighted by Crippen LogP contribution is -2.38. The predicted octanol–water partition coefficient (Wildman–Crippen LogP) is 9.49. The van der Waals surface area contributed by atoms with E-state index in [0.717, 1.165) is 25.8 Å². The van der Waals surface area contributed by atoms with Crippen LogP contribution in [0.3, 0.4) is 0 Å². The highest BCUT2D eigenvalue weighted by Crippen LogP contribution is 2.43. The number of Topliss-reactive ketones (excluding diaryl/α,β-unsaturated/α-hetero) is 1. The van der Waals surface area contributed by atoms with Crippen molar-refractivity contribution in [2.24, 2.45) is 16.7 Å². The van der Waals surface area contributed by atoms with Crippen LogP contribution in [0.2, 0.25) is 0 Å². The van der Waals surface area contributed by atoms with Gasteiger partial charge in [0.15, 0.2) is 0 Å². The number of hydrogen-bond acceptors (Lipinski definition) is 3. The summed E-state index contributed by atoms with van der Waals surface area (Å²) in [4.78, 5) is 17.0. The van der Waals surface area contributed by atoms with Crippen LogP contribution >= 0.6 is 0 Å². The normalized spacial score (nSPS) is 28.6. The lowest BCUT2D eigenvalue weighted by molar-refractivity contribution is -0.129. The van der Waals surface area contributed by atoms with Crippen molar-refractivity contribution >= 4 is 5.78 Å². The van der Waals surface area contributed by atoms with Gasteiger partial charge in [-0.15, -0.1) is 0 Å². The molecule has 3 rings (SSSR count). The zero-order valence-corrected chi connectivity index (χ0v) is 27.0. The number of nitrogens with zero attached hydrogens (tertiary/aromatic N) is 2. The second kappa shape index (κ2) is 24.0. The molecule has 1 spiro atoms. The molecule has 0 bridgehead atoms. The molecule has 3 aliphatic rings. The summed E-state index contributed by atoms with van der Waals surface area (Å²) in [5.41, 5.74) is 0.659. The maximum absolute atomic E-state index is 12.2. The van der Waals surface area contributed by atoms with Crippen molar-refractivity contribution < 1.29 is 4.79 Å². The van der Waals surface area contributed by atoms with E-state index < -0.39 is 0 Å². The molecule has 0 N–H and O–H groups in total. The van der Waals surface area contributed by atoms with Gasteiger partial charge in [0.05, 0.1) is 0 Å². The second-order valence-electron chi connectivity index (χ2n) is 10.4. The summed E-state index contributed by atoms with van der Waals surface area (Å²) >= 11 is 0. The third kappa shape index (κ3) is 15.4. The Bertz CT molecular complexity index is 466. The number of carbonyl (C=O) groups is 1. The van der Waals surface area contributed by atoms with Crippen LogP contribution in [0.15, 0.2) is 0 Å². The van der Waals surface area contributed by atoms with Gasteiger partial charge in [0.2, 0.25) is 0 Å². The van der Waals surface area contributed by atoms with Crippen molar-refractivity contribution in [3.8, 4) is 0 Å². The molecular weight excluding hydrogens is 428 g/mol. The number of carbonyl (C=O) groups excluding carboxylic acids is 1. The number of hydrogen-bond donors (Lipinski definition) is 0. The minimum Gasteiger partial charge on any atom is -0.306 e. The Morgan fingerprint density at radius 1 is 0.771 bits per heavy atom. The van der Waals surface area contributed by atoms with E-state index in [1.165, 1.54) is 71.0 Å². The number of likely N-dealkylation sites (tertiary alicyclic amines) is 2. The highest BCUT2D eigenvalue weighted by Gasteiger charge is 2.46. The van der Waals surface area contributed by atoms with E-state index in [1.807, 2.05) is 55.4 Å². The molecule has 2 saturated heterocycles. The first-order valence-corrected chi connectivity index (χ1v) is 15.7. The van der Waals surface area contributed by atoms with E-state index in [1.54, 1.807) is 0 Å². The SMILES string of the molecule is CC.CC.CC.CC.CC1CCC2(CCCCN(C)C2)C1=O.CCCCC1(C)CCCCN(C)C1. The van der Waals surface area contributed by atoms with Gasteiger partial charge in [-0.1, -0.05) is 102 Å². The van der Waals surface area contributed by atoms with Gasteiger partial charge in [0.25, 0.3) is 0 Å². The van der Waals surface area contributed by atoms with E-state index in [0.29, 0.717) is 17.1 Å². The van der Waals surface area contributed by atoms with Crippen LogP contribution in [-0.4, -0.2) is 55.9 Å². The van der Waals surface area contributed by atoms with E-state index in [9.17, 15) is 4.79 Å². The largest absolute Gasteiger partial charge is 0.306 e. The summed E-state index contributed by atoms with van der Waals surface area (Å²) in [6, 6.07) is 0. The molecule has 35 heavy (non-hydrogen) atoms. The van der Waals surface area contributed by atoms with Crippen LogP contribution < -0.4 is 0 Å². The summed E-state index contributed by atoms with van der Waals surface area (Å²) in [7, 11) is 4.43. The average Bonchev–Trinajstić information content (AvgIpc) is 3.05. The van der Waals surface area contributed by atoms with Crippen molar-refractivity contribution in [2.75, 3.05) is 40.3 Å². The first kappa shape index (κ1) is 39.1. The monoisotopic (exact) mass is 499 g/mol. The number of rotatable bonds is 3. The summed E-state index contributed by atoms with van der Waals surface area (Å²) in [5.74, 6) is 0.868. The smallest absolute Gasteiger partial charge is 0.143 e. The quantitative estimate of drug-likeness (QED) is 0.387. The molecule has 1 aliphatic carbocycles. The van der Waals surface area contributed by atoms with Crippen LogP contribution in [0.25, 0.3) is 0 Å². The van der Waals surface area contributed by atoms with Crippen molar-refractivity contribution in [2.45, 2.75) is 147 Å². The Balaban J connectivity index is -0.000000456. The van der Waals surface area contributed by atoms with Gasteiger partial charge in [0, 0.05) is 24.4 Å². The minimum atomic E-state index is 0.0463. The van der Waals surface area contributed by atoms with Gasteiger partial charge in [-0.05, 0) is 77.5 Å². The highest BCUT2D eigenvalue weighted by molar-refractivity contribution is 5.89. The summed E-state index contributed by atoms with van der Waals surface area (Å²) in [6.45, 7) is 27.7. The molecule has 2 heterocycles. The van der Waals surface area contributed by atoms with Gasteiger partial charge >= 0.3 is 0 Å². The standard InChI is InChI=1S/C12H21NO.C12H25N.4C2H6/c1-10-5-7-12(11(10)14)6-3-4-8-13(2)9-12;1-4-5-8-12(2)9-6-7-10-13(3)11-12;4*1-2/h10H,3-9H2,1-2H3;4-11H2,1-3H3;4*1-2H3. The van der Waals surface area contributed by atoms with E-state index >= 15 is 0 Å². The summed E-state index contributed by atoms with van der Waals surface area (Å²) in [6.07, 6.45) is 14.4. The van der Waals surface area contributed by atoms with E-state index in [-0.39, 0.29) is 5.41 Å². The van der Waals surface area contributed by atoms with Crippen molar-refractivity contribution in [1.29, 1.82) is 0 Å². The van der Waals surface area contributed by atoms with Crippen molar-refractivity contribution in [3.63, 3.8) is 0 Å². The Morgan fingerprint density at radius 2 is 1.26 bits per heavy atom. The number of ketones is 1. The van der Waals surface area contributed by atoms with Gasteiger partial charge in [-0.2, -0.15) is 0 Å². The lowest BCUT2D eigenvalue weighted by atomic mass is 9.80. The first-order chi connectivity index (χ1) is 16.8. The van der Waals surface area contributed by atoms with Crippen LogP contribution in [-0.2, 0) is 4.79 Å². The topological polar surface area (TPSA) is 23.6 Å². The highest BCUT2D eigenvalue weighted by atomic mass is 16.1. The fourth-order valence-electron chi connectivity index (χ4n) is 5.75. The molecule has 1 saturated carbocycles. The number of unbranched alkanes of at least 4 members (excludes halogenated alkanes) is 1. The molecule has 0 amide bonds. The third-order valence-electron chi connectivity index (χ3n) is 7.40. The third-order valence-corrected chi connectivity index (χ3v) is 7.40. The van der Waals surface area contributed by atoms with Crippen molar-refractivity contribution in [3.05, 3.63) is 0 Å². The van der Waals surface area contributed by atoms with Gasteiger partial charge in [-0.25, -0.2) is 0 Å².